The van der Waals surface area contributed by atoms with E-state index < -0.39 is 0 Å². The smallest absolute Gasteiger partial charge is 0.170 e. The van der Waals surface area contributed by atoms with Gasteiger partial charge in [0.05, 0.1) is 0 Å². The highest BCUT2D eigenvalue weighted by molar-refractivity contribution is 5.86. The maximum atomic E-state index is 11.2. The van der Waals surface area contributed by atoms with Crippen molar-refractivity contribution in [2.24, 2.45) is 0 Å². The van der Waals surface area contributed by atoms with Crippen molar-refractivity contribution in [2.45, 2.75) is 0 Å². The molecule has 0 N–H and O–H groups in total. The van der Waals surface area contributed by atoms with Gasteiger partial charge in [0.25, 0.3) is 0 Å². The van der Waals surface area contributed by atoms with Crippen LogP contribution in [0, 0.1) is 10.1 Å². The van der Waals surface area contributed by atoms with E-state index in [-0.39, 0.29) is 5.03 Å². The molecule has 0 unspecified atom stereocenters. The van der Waals surface area contributed by atoms with Gasteiger partial charge in [0.2, 0.25) is 0 Å². The van der Waals surface area contributed by atoms with E-state index in [4.69, 9.17) is 0 Å². The molecular formula is C14H10N2O2. The highest BCUT2D eigenvalue weighted by Gasteiger charge is 2.17. The summed E-state index contributed by atoms with van der Waals surface area (Å²) in [6, 6.07) is 18.5. The summed E-state index contributed by atoms with van der Waals surface area (Å²) < 4.78 is 1.13. The van der Waals surface area contributed by atoms with Crippen LogP contribution in [0.1, 0.15) is 0 Å². The molecule has 0 saturated heterocycles. The van der Waals surface area contributed by atoms with Gasteiger partial charge in [-0.2, -0.15) is 0 Å². The van der Waals surface area contributed by atoms with Gasteiger partial charge in [-0.25, -0.2) is 10.1 Å². The molecule has 0 aliphatic heterocycles. The Morgan fingerprint density at radius 2 is 1.61 bits per heavy atom. The van der Waals surface area contributed by atoms with Crippen molar-refractivity contribution in [3.05, 3.63) is 70.8 Å². The molecule has 4 nitrogen and oxygen atoms in total. The van der Waals surface area contributed by atoms with Gasteiger partial charge in [-0.05, 0) is 12.1 Å². The molecule has 0 amide bonds. The van der Waals surface area contributed by atoms with Crippen LogP contribution in [0.3, 0.4) is 0 Å². The summed E-state index contributed by atoms with van der Waals surface area (Å²) >= 11 is 0. The first-order chi connectivity index (χ1) is 8.77. The van der Waals surface area contributed by atoms with Crippen LogP contribution in [-0.2, 0) is 0 Å². The van der Waals surface area contributed by atoms with E-state index >= 15 is 0 Å². The summed E-state index contributed by atoms with van der Waals surface area (Å²) in [5, 5.41) is 11.7. The number of aromatic nitrogens is 1. The third-order valence-corrected chi connectivity index (χ3v) is 2.92. The standard InChI is InChI=1S/C14H10N2O2/c17-16(18)15-13-9-5-4-8-12(13)10-14(15)11-6-2-1-3-7-11/h1-10H. The van der Waals surface area contributed by atoms with Gasteiger partial charge < -0.3 is 0 Å². The van der Waals surface area contributed by atoms with Crippen LogP contribution in [0.5, 0.6) is 0 Å². The quantitative estimate of drug-likeness (QED) is 0.507. The summed E-state index contributed by atoms with van der Waals surface area (Å²) in [6.45, 7) is 0. The average molecular weight is 238 g/mol. The molecule has 0 radical (unpaired) electrons. The van der Waals surface area contributed by atoms with E-state index in [1.54, 1.807) is 12.1 Å². The van der Waals surface area contributed by atoms with Crippen molar-refractivity contribution < 1.29 is 5.03 Å². The van der Waals surface area contributed by atoms with Gasteiger partial charge in [-0.1, -0.05) is 53.2 Å². The molecule has 3 rings (SSSR count). The fraction of sp³-hybridized carbons (Fsp3) is 0. The van der Waals surface area contributed by atoms with E-state index in [0.29, 0.717) is 11.2 Å². The molecule has 18 heavy (non-hydrogen) atoms. The molecule has 3 aromatic rings. The van der Waals surface area contributed by atoms with Crippen LogP contribution >= 0.6 is 0 Å². The molecule has 0 atom stereocenters. The number of rotatable bonds is 2. The number of benzene rings is 2. The Labute approximate surface area is 103 Å². The molecule has 0 saturated carbocycles. The minimum Gasteiger partial charge on any atom is -0.234 e. The van der Waals surface area contributed by atoms with Gasteiger partial charge in [0, 0.05) is 10.9 Å². The van der Waals surface area contributed by atoms with Crippen LogP contribution in [0.2, 0.25) is 0 Å². The van der Waals surface area contributed by atoms with E-state index in [1.165, 1.54) is 0 Å². The Kier molecular flexibility index (Phi) is 2.34. The molecule has 0 aliphatic rings. The number of nitrogens with zero attached hydrogens (tertiary/aromatic N) is 2. The van der Waals surface area contributed by atoms with E-state index in [2.05, 4.69) is 0 Å². The van der Waals surface area contributed by atoms with E-state index in [9.17, 15) is 10.1 Å². The van der Waals surface area contributed by atoms with Gasteiger partial charge in [-0.3, -0.25) is 0 Å². The molecule has 2 aromatic carbocycles. The summed E-state index contributed by atoms with van der Waals surface area (Å²) in [7, 11) is 0. The van der Waals surface area contributed by atoms with Gasteiger partial charge in [-0.15, -0.1) is 0 Å². The topological polar surface area (TPSA) is 48.1 Å². The summed E-state index contributed by atoms with van der Waals surface area (Å²) in [4.78, 5) is 11.2. The minimum atomic E-state index is -0.384. The maximum Gasteiger partial charge on any atom is 0.170 e. The monoisotopic (exact) mass is 238 g/mol. The van der Waals surface area contributed by atoms with Crippen molar-refractivity contribution in [1.82, 2.24) is 4.68 Å². The lowest BCUT2D eigenvalue weighted by Crippen LogP contribution is -2.09. The minimum absolute atomic E-state index is 0.384. The van der Waals surface area contributed by atoms with E-state index in [1.807, 2.05) is 48.5 Å². The van der Waals surface area contributed by atoms with Crippen molar-refractivity contribution in [2.75, 3.05) is 0 Å². The molecule has 0 fully saturated rings. The van der Waals surface area contributed by atoms with Gasteiger partial charge in [0.15, 0.2) is 5.03 Å². The Bertz CT molecular complexity index is 717. The highest BCUT2D eigenvalue weighted by Crippen LogP contribution is 2.27. The lowest BCUT2D eigenvalue weighted by molar-refractivity contribution is -0.535. The Morgan fingerprint density at radius 3 is 2.33 bits per heavy atom. The molecule has 88 valence electrons. The normalized spacial score (nSPS) is 10.7. The molecule has 0 bridgehead atoms. The molecule has 0 spiro atoms. The average Bonchev–Trinajstić information content (AvgIpc) is 2.79. The second-order valence-electron chi connectivity index (χ2n) is 4.00. The highest BCUT2D eigenvalue weighted by atomic mass is 16.7. The molecule has 1 heterocycles. The van der Waals surface area contributed by atoms with Crippen LogP contribution in [0.4, 0.5) is 0 Å². The third-order valence-electron chi connectivity index (χ3n) is 2.92. The van der Waals surface area contributed by atoms with E-state index in [0.717, 1.165) is 15.6 Å². The van der Waals surface area contributed by atoms with Crippen molar-refractivity contribution in [3.8, 4) is 11.3 Å². The van der Waals surface area contributed by atoms with Crippen molar-refractivity contribution in [1.29, 1.82) is 0 Å². The number of hydrogen-bond donors (Lipinski definition) is 0. The Morgan fingerprint density at radius 1 is 0.944 bits per heavy atom. The first-order valence-corrected chi connectivity index (χ1v) is 5.58. The van der Waals surface area contributed by atoms with Crippen molar-refractivity contribution >= 4 is 10.9 Å². The molecule has 0 aliphatic carbocycles. The fourth-order valence-electron chi connectivity index (χ4n) is 2.13. The first-order valence-electron chi connectivity index (χ1n) is 5.58. The second kappa shape index (κ2) is 4.00. The summed E-state index contributed by atoms with van der Waals surface area (Å²) in [6.07, 6.45) is 0. The molecule has 4 heteroatoms. The van der Waals surface area contributed by atoms with Crippen LogP contribution in [0.15, 0.2) is 60.7 Å². The lowest BCUT2D eigenvalue weighted by atomic mass is 10.1. The molecular weight excluding hydrogens is 228 g/mol. The lowest BCUT2D eigenvalue weighted by Gasteiger charge is -2.00. The number of fused-ring (bicyclic) bond motifs is 1. The van der Waals surface area contributed by atoms with Crippen LogP contribution in [0.25, 0.3) is 22.2 Å². The SMILES string of the molecule is O=[N+]([O-])n1c(-c2ccccc2)cc2ccccc21. The predicted molar refractivity (Wildman–Crippen MR) is 69.8 cm³/mol. The van der Waals surface area contributed by atoms with Crippen LogP contribution in [-0.4, -0.2) is 9.71 Å². The number of para-hydroxylation sites is 1. The van der Waals surface area contributed by atoms with Crippen LogP contribution < -0.4 is 0 Å². The third kappa shape index (κ3) is 1.55. The maximum absolute atomic E-state index is 11.2. The zero-order valence-electron chi connectivity index (χ0n) is 9.48. The first kappa shape index (κ1) is 10.5. The Balaban J connectivity index is 2.36. The van der Waals surface area contributed by atoms with Gasteiger partial charge in [0.1, 0.15) is 11.2 Å². The largest absolute Gasteiger partial charge is 0.234 e. The zero-order valence-corrected chi connectivity index (χ0v) is 9.48. The zero-order chi connectivity index (χ0) is 12.5. The predicted octanol–water partition coefficient (Wildman–Crippen LogP) is 3.35. The number of nitro groups is 1. The summed E-state index contributed by atoms with van der Waals surface area (Å²) in [5.41, 5.74) is 2.05. The van der Waals surface area contributed by atoms with Crippen molar-refractivity contribution in [3.63, 3.8) is 0 Å². The second-order valence-corrected chi connectivity index (χ2v) is 4.00. The summed E-state index contributed by atoms with van der Waals surface area (Å²) in [5.74, 6) is 0. The Hall–Kier alpha value is -2.62. The number of hydrogen-bond acceptors (Lipinski definition) is 2. The van der Waals surface area contributed by atoms with Gasteiger partial charge >= 0.3 is 0 Å². The fourth-order valence-corrected chi connectivity index (χ4v) is 2.13. The molecule has 1 aromatic heterocycles.